The summed E-state index contributed by atoms with van der Waals surface area (Å²) < 4.78 is 1.60. The van der Waals surface area contributed by atoms with Gasteiger partial charge in [-0.05, 0) is 24.6 Å². The standard InChI is InChI=1S/C13H13N3OS/c1-9-4-6-16(11(17)7-9)8-10-3-2-5-15-12(10)13(14)18/h2-7H,8H2,1H3,(H2,14,18). The van der Waals surface area contributed by atoms with Gasteiger partial charge in [-0.25, -0.2) is 0 Å². The van der Waals surface area contributed by atoms with Crippen molar-refractivity contribution in [3.63, 3.8) is 0 Å². The highest BCUT2D eigenvalue weighted by molar-refractivity contribution is 7.80. The molecular formula is C13H13N3OS. The molecule has 0 unspecified atom stereocenters. The van der Waals surface area contributed by atoms with Crippen molar-refractivity contribution >= 4 is 17.2 Å². The minimum atomic E-state index is -0.0484. The molecule has 0 atom stereocenters. The van der Waals surface area contributed by atoms with Crippen LogP contribution in [-0.4, -0.2) is 14.5 Å². The van der Waals surface area contributed by atoms with Gasteiger partial charge in [-0.15, -0.1) is 0 Å². The summed E-state index contributed by atoms with van der Waals surface area (Å²) in [5.74, 6) is 0. The summed E-state index contributed by atoms with van der Waals surface area (Å²) in [5.41, 5.74) is 7.92. The van der Waals surface area contributed by atoms with E-state index < -0.39 is 0 Å². The van der Waals surface area contributed by atoms with Gasteiger partial charge in [0.25, 0.3) is 5.56 Å². The number of aromatic nitrogens is 2. The van der Waals surface area contributed by atoms with Crippen molar-refractivity contribution in [3.05, 3.63) is 63.8 Å². The largest absolute Gasteiger partial charge is 0.388 e. The number of aryl methyl sites for hydroxylation is 1. The van der Waals surface area contributed by atoms with E-state index in [1.54, 1.807) is 29.1 Å². The van der Waals surface area contributed by atoms with Gasteiger partial charge in [-0.3, -0.25) is 9.78 Å². The molecule has 2 rings (SSSR count). The van der Waals surface area contributed by atoms with Gasteiger partial charge < -0.3 is 10.3 Å². The van der Waals surface area contributed by atoms with Crippen molar-refractivity contribution in [3.8, 4) is 0 Å². The predicted octanol–water partition coefficient (Wildman–Crippen LogP) is 1.23. The Hall–Kier alpha value is -2.01. The number of hydrogen-bond donors (Lipinski definition) is 1. The maximum Gasteiger partial charge on any atom is 0.251 e. The zero-order valence-electron chi connectivity index (χ0n) is 9.96. The van der Waals surface area contributed by atoms with Crippen LogP contribution in [-0.2, 0) is 6.54 Å². The van der Waals surface area contributed by atoms with E-state index >= 15 is 0 Å². The Kier molecular flexibility index (Phi) is 3.53. The van der Waals surface area contributed by atoms with Crippen LogP contribution in [0.4, 0.5) is 0 Å². The van der Waals surface area contributed by atoms with Crippen molar-refractivity contribution in [1.29, 1.82) is 0 Å². The van der Waals surface area contributed by atoms with Crippen LogP contribution in [0.1, 0.15) is 16.8 Å². The van der Waals surface area contributed by atoms with Crippen LogP contribution >= 0.6 is 12.2 Å². The lowest BCUT2D eigenvalue weighted by molar-refractivity contribution is 0.752. The first-order valence-electron chi connectivity index (χ1n) is 5.49. The fourth-order valence-electron chi connectivity index (χ4n) is 1.71. The van der Waals surface area contributed by atoms with E-state index in [0.29, 0.717) is 12.2 Å². The maximum absolute atomic E-state index is 11.8. The lowest BCUT2D eigenvalue weighted by Crippen LogP contribution is -2.22. The second-order valence-corrected chi connectivity index (χ2v) is 4.49. The topological polar surface area (TPSA) is 60.9 Å². The van der Waals surface area contributed by atoms with Gasteiger partial charge in [-0.1, -0.05) is 18.3 Å². The van der Waals surface area contributed by atoms with Crippen molar-refractivity contribution in [2.24, 2.45) is 5.73 Å². The molecule has 2 heterocycles. The van der Waals surface area contributed by atoms with Crippen molar-refractivity contribution < 1.29 is 0 Å². The summed E-state index contributed by atoms with van der Waals surface area (Å²) in [6.07, 6.45) is 3.39. The van der Waals surface area contributed by atoms with Gasteiger partial charge in [0.1, 0.15) is 10.7 Å². The Morgan fingerprint density at radius 3 is 2.94 bits per heavy atom. The molecule has 0 amide bonds. The molecule has 2 aromatic heterocycles. The first kappa shape index (κ1) is 12.4. The molecule has 0 bridgehead atoms. The monoisotopic (exact) mass is 259 g/mol. The second kappa shape index (κ2) is 5.10. The summed E-state index contributed by atoms with van der Waals surface area (Å²) in [6, 6.07) is 7.15. The lowest BCUT2D eigenvalue weighted by Gasteiger charge is -2.09. The molecule has 0 aliphatic heterocycles. The first-order chi connectivity index (χ1) is 8.58. The molecule has 4 nitrogen and oxygen atoms in total. The van der Waals surface area contributed by atoms with E-state index in [-0.39, 0.29) is 10.5 Å². The van der Waals surface area contributed by atoms with Crippen LogP contribution in [0.5, 0.6) is 0 Å². The Balaban J connectivity index is 2.40. The Morgan fingerprint density at radius 1 is 1.50 bits per heavy atom. The van der Waals surface area contributed by atoms with Crippen LogP contribution in [0.25, 0.3) is 0 Å². The van der Waals surface area contributed by atoms with Crippen molar-refractivity contribution in [1.82, 2.24) is 9.55 Å². The van der Waals surface area contributed by atoms with E-state index in [4.69, 9.17) is 18.0 Å². The molecule has 0 radical (unpaired) electrons. The van der Waals surface area contributed by atoms with Crippen LogP contribution in [0.2, 0.25) is 0 Å². The first-order valence-corrected chi connectivity index (χ1v) is 5.89. The highest BCUT2D eigenvalue weighted by Crippen LogP contribution is 2.07. The van der Waals surface area contributed by atoms with E-state index in [1.807, 2.05) is 19.1 Å². The quantitative estimate of drug-likeness (QED) is 0.842. The van der Waals surface area contributed by atoms with Crippen LogP contribution in [0.15, 0.2) is 41.5 Å². The molecule has 0 saturated carbocycles. The predicted molar refractivity (Wildman–Crippen MR) is 74.7 cm³/mol. The summed E-state index contributed by atoms with van der Waals surface area (Å²) in [6.45, 7) is 2.30. The Labute approximate surface area is 110 Å². The van der Waals surface area contributed by atoms with Crippen molar-refractivity contribution in [2.45, 2.75) is 13.5 Å². The third-order valence-electron chi connectivity index (χ3n) is 2.62. The molecule has 0 aliphatic rings. The summed E-state index contributed by atoms with van der Waals surface area (Å²) in [4.78, 5) is 16.2. The molecule has 2 N–H and O–H groups in total. The van der Waals surface area contributed by atoms with Gasteiger partial charge in [0.05, 0.1) is 6.54 Å². The maximum atomic E-state index is 11.8. The molecule has 18 heavy (non-hydrogen) atoms. The average Bonchev–Trinajstić information content (AvgIpc) is 2.33. The molecule has 2 aromatic rings. The smallest absolute Gasteiger partial charge is 0.251 e. The van der Waals surface area contributed by atoms with Crippen LogP contribution in [0, 0.1) is 6.92 Å². The number of rotatable bonds is 3. The minimum Gasteiger partial charge on any atom is -0.388 e. The number of pyridine rings is 2. The molecule has 0 aromatic carbocycles. The molecule has 0 saturated heterocycles. The molecular weight excluding hydrogens is 246 g/mol. The Morgan fingerprint density at radius 2 is 2.28 bits per heavy atom. The molecule has 5 heteroatoms. The van der Waals surface area contributed by atoms with Gasteiger partial charge in [0.2, 0.25) is 0 Å². The lowest BCUT2D eigenvalue weighted by atomic mass is 10.2. The second-order valence-electron chi connectivity index (χ2n) is 4.05. The molecule has 92 valence electrons. The minimum absolute atomic E-state index is 0.0484. The molecule has 0 aliphatic carbocycles. The van der Waals surface area contributed by atoms with E-state index in [1.165, 1.54) is 0 Å². The summed E-state index contributed by atoms with van der Waals surface area (Å²) >= 11 is 4.95. The average molecular weight is 259 g/mol. The third kappa shape index (κ3) is 2.62. The van der Waals surface area contributed by atoms with Gasteiger partial charge in [0.15, 0.2) is 0 Å². The molecule has 0 fully saturated rings. The van der Waals surface area contributed by atoms with Crippen molar-refractivity contribution in [2.75, 3.05) is 0 Å². The fourth-order valence-corrected chi connectivity index (χ4v) is 1.89. The van der Waals surface area contributed by atoms with Crippen LogP contribution in [0.3, 0.4) is 0 Å². The number of thiocarbonyl (C=S) groups is 1. The Bertz CT molecular complexity index is 649. The third-order valence-corrected chi connectivity index (χ3v) is 2.81. The fraction of sp³-hybridized carbons (Fsp3) is 0.154. The highest BCUT2D eigenvalue weighted by Gasteiger charge is 2.07. The van der Waals surface area contributed by atoms with Gasteiger partial charge >= 0.3 is 0 Å². The SMILES string of the molecule is Cc1ccn(Cc2cccnc2C(N)=S)c(=O)c1. The normalized spacial score (nSPS) is 10.3. The summed E-state index contributed by atoms with van der Waals surface area (Å²) in [5, 5.41) is 0. The number of hydrogen-bond acceptors (Lipinski definition) is 3. The summed E-state index contributed by atoms with van der Waals surface area (Å²) in [7, 11) is 0. The van der Waals surface area contributed by atoms with Gasteiger partial charge in [0, 0.05) is 24.0 Å². The highest BCUT2D eigenvalue weighted by atomic mass is 32.1. The number of nitrogens with two attached hydrogens (primary N) is 1. The van der Waals surface area contributed by atoms with Crippen LogP contribution < -0.4 is 11.3 Å². The number of nitrogens with zero attached hydrogens (tertiary/aromatic N) is 2. The molecule has 0 spiro atoms. The zero-order valence-corrected chi connectivity index (χ0v) is 10.8. The van der Waals surface area contributed by atoms with E-state index in [0.717, 1.165) is 11.1 Å². The van der Waals surface area contributed by atoms with E-state index in [2.05, 4.69) is 4.98 Å². The zero-order chi connectivity index (χ0) is 13.1. The van der Waals surface area contributed by atoms with Gasteiger partial charge in [-0.2, -0.15) is 0 Å². The van der Waals surface area contributed by atoms with E-state index in [9.17, 15) is 4.79 Å².